The number of fused-ring (bicyclic) bond motifs is 2. The number of nitrogens with zero attached hydrogens (tertiary/aromatic N) is 5. The van der Waals surface area contributed by atoms with Crippen LogP contribution in [0.1, 0.15) is 38.1 Å². The first kappa shape index (κ1) is 33.0. The molecule has 0 aliphatic carbocycles. The Balaban J connectivity index is 1.37. The van der Waals surface area contributed by atoms with Crippen molar-refractivity contribution >= 4 is 50.5 Å². The highest BCUT2D eigenvalue weighted by molar-refractivity contribution is 7.99. The van der Waals surface area contributed by atoms with Gasteiger partial charge in [0.25, 0.3) is 0 Å². The number of hydrogen-bond donors (Lipinski definition) is 0. The standard InChI is InChI=1S/C36H28FN5O6S2/c1-40(2)36(44)42-20-30(28-14-9-24(18-31(28)42)22-5-10-26(37)11-6-22)33(39-48-35(43)23-7-12-27(13-8-23)50(45,46)47)29-15-17-41-32(29)21-49-34(41)25-4-3-16-38-19-25/h3-20,34H,21H2,1-2H3,(H,45,46,47)/p-1/b39-33+/t34-/m1/s1. The number of pyridine rings is 1. The average Bonchev–Trinajstić information content (AvgIpc) is 3.83. The second-order valence-electron chi connectivity index (χ2n) is 11.7. The highest BCUT2D eigenvalue weighted by Gasteiger charge is 2.30. The second kappa shape index (κ2) is 13.0. The van der Waals surface area contributed by atoms with E-state index >= 15 is 0 Å². The highest BCUT2D eigenvalue weighted by atomic mass is 32.2. The summed E-state index contributed by atoms with van der Waals surface area (Å²) >= 11 is 1.69. The van der Waals surface area contributed by atoms with Crippen LogP contribution in [0.5, 0.6) is 0 Å². The van der Waals surface area contributed by atoms with Crippen LogP contribution in [-0.4, -0.2) is 63.8 Å². The summed E-state index contributed by atoms with van der Waals surface area (Å²) in [5.74, 6) is -0.652. The number of halogens is 1. The van der Waals surface area contributed by atoms with Crippen molar-refractivity contribution in [1.82, 2.24) is 19.0 Å². The van der Waals surface area contributed by atoms with Crippen LogP contribution in [-0.2, 0) is 20.7 Å². The van der Waals surface area contributed by atoms with Gasteiger partial charge in [-0.15, -0.1) is 11.8 Å². The number of hydrogen-bond acceptors (Lipinski definition) is 9. The van der Waals surface area contributed by atoms with Crippen molar-refractivity contribution in [3.63, 3.8) is 0 Å². The van der Waals surface area contributed by atoms with Crippen LogP contribution >= 0.6 is 11.8 Å². The minimum absolute atomic E-state index is 0.0241. The predicted octanol–water partition coefficient (Wildman–Crippen LogP) is 6.48. The molecule has 14 heteroatoms. The number of oxime groups is 1. The molecule has 0 radical (unpaired) electrons. The van der Waals surface area contributed by atoms with E-state index in [1.165, 1.54) is 33.7 Å². The normalized spacial score (nSPS) is 14.5. The Labute approximate surface area is 290 Å². The molecular formula is C36H27FN5O6S2-. The van der Waals surface area contributed by atoms with E-state index in [-0.39, 0.29) is 28.5 Å². The molecule has 0 unspecified atom stereocenters. The lowest BCUT2D eigenvalue weighted by Gasteiger charge is -2.12. The fraction of sp³-hybridized carbons (Fsp3) is 0.111. The summed E-state index contributed by atoms with van der Waals surface area (Å²) < 4.78 is 51.5. The number of carbonyl (C=O) groups excluding carboxylic acids is 2. The van der Waals surface area contributed by atoms with Crippen molar-refractivity contribution in [2.24, 2.45) is 5.16 Å². The fourth-order valence-corrected chi connectivity index (χ4v) is 7.62. The van der Waals surface area contributed by atoms with Gasteiger partial charge in [-0.3, -0.25) is 9.55 Å². The van der Waals surface area contributed by atoms with E-state index in [0.717, 1.165) is 34.5 Å². The summed E-state index contributed by atoms with van der Waals surface area (Å²) in [6.07, 6.45) is 7.10. The van der Waals surface area contributed by atoms with Gasteiger partial charge in [0.1, 0.15) is 27.0 Å². The summed E-state index contributed by atoms with van der Waals surface area (Å²) in [4.78, 5) is 37.5. The number of rotatable bonds is 7. The Kier molecular flexibility index (Phi) is 8.59. The van der Waals surface area contributed by atoms with E-state index in [9.17, 15) is 27.0 Å². The van der Waals surface area contributed by atoms with Crippen molar-refractivity contribution < 1.29 is 31.8 Å². The van der Waals surface area contributed by atoms with Crippen LogP contribution in [0.4, 0.5) is 9.18 Å². The maximum atomic E-state index is 13.7. The molecule has 4 heterocycles. The number of thioether (sulfide) groups is 1. The summed E-state index contributed by atoms with van der Waals surface area (Å²) in [5.41, 5.74) is 5.40. The van der Waals surface area contributed by atoms with E-state index < -0.39 is 21.0 Å². The molecule has 1 amide bonds. The zero-order valence-electron chi connectivity index (χ0n) is 26.6. The average molecular weight is 709 g/mol. The monoisotopic (exact) mass is 708 g/mol. The van der Waals surface area contributed by atoms with Crippen LogP contribution in [0.3, 0.4) is 0 Å². The Hall–Kier alpha value is -5.57. The van der Waals surface area contributed by atoms with Crippen molar-refractivity contribution in [2.75, 3.05) is 14.1 Å². The Morgan fingerprint density at radius 1 is 1.00 bits per heavy atom. The molecule has 1 atom stereocenters. The molecule has 3 aromatic carbocycles. The van der Waals surface area contributed by atoms with Gasteiger partial charge in [0, 0.05) is 72.4 Å². The number of aromatic nitrogens is 3. The van der Waals surface area contributed by atoms with E-state index in [4.69, 9.17) is 4.84 Å². The molecule has 0 N–H and O–H groups in total. The van der Waals surface area contributed by atoms with Crippen LogP contribution in [0.15, 0.2) is 120 Å². The third-order valence-electron chi connectivity index (χ3n) is 8.31. The van der Waals surface area contributed by atoms with E-state index in [1.54, 1.807) is 50.4 Å². The maximum absolute atomic E-state index is 13.7. The molecule has 0 saturated carbocycles. The Morgan fingerprint density at radius 2 is 1.74 bits per heavy atom. The van der Waals surface area contributed by atoms with Crippen molar-refractivity contribution in [2.45, 2.75) is 16.0 Å². The molecule has 50 heavy (non-hydrogen) atoms. The Morgan fingerprint density at radius 3 is 2.42 bits per heavy atom. The van der Waals surface area contributed by atoms with Crippen molar-refractivity contribution in [3.8, 4) is 11.1 Å². The van der Waals surface area contributed by atoms with Gasteiger partial charge in [-0.1, -0.05) is 35.5 Å². The van der Waals surface area contributed by atoms with E-state index in [1.807, 2.05) is 48.8 Å². The third-order valence-corrected chi connectivity index (χ3v) is 10.4. The third kappa shape index (κ3) is 6.19. The molecule has 7 rings (SSSR count). The van der Waals surface area contributed by atoms with Crippen LogP contribution in [0.2, 0.25) is 0 Å². The summed E-state index contributed by atoms with van der Waals surface area (Å²) in [5, 5.41) is 4.97. The fourth-order valence-electron chi connectivity index (χ4n) is 5.84. The van der Waals surface area contributed by atoms with E-state index in [0.29, 0.717) is 27.8 Å². The molecule has 6 aromatic rings. The molecule has 252 valence electrons. The molecule has 0 saturated heterocycles. The smallest absolute Gasteiger partial charge is 0.365 e. The largest absolute Gasteiger partial charge is 0.744 e. The van der Waals surface area contributed by atoms with Crippen molar-refractivity contribution in [3.05, 3.63) is 143 Å². The zero-order chi connectivity index (χ0) is 35.2. The maximum Gasteiger partial charge on any atom is 0.365 e. The molecule has 11 nitrogen and oxygen atoms in total. The Bertz CT molecular complexity index is 2410. The molecule has 1 aliphatic rings. The minimum Gasteiger partial charge on any atom is -0.744 e. The van der Waals surface area contributed by atoms with Gasteiger partial charge in [-0.25, -0.2) is 22.4 Å². The van der Waals surface area contributed by atoms with Gasteiger partial charge >= 0.3 is 12.0 Å². The minimum atomic E-state index is -4.71. The summed E-state index contributed by atoms with van der Waals surface area (Å²) in [7, 11) is -1.44. The van der Waals surface area contributed by atoms with E-state index in [2.05, 4.69) is 14.7 Å². The predicted molar refractivity (Wildman–Crippen MR) is 185 cm³/mol. The quantitative estimate of drug-likeness (QED) is 0.0795. The second-order valence-corrected chi connectivity index (χ2v) is 14.1. The topological polar surface area (TPSA) is 139 Å². The zero-order valence-corrected chi connectivity index (χ0v) is 28.2. The first-order valence-corrected chi connectivity index (χ1v) is 17.7. The summed E-state index contributed by atoms with van der Waals surface area (Å²) in [6, 6.07) is 21.4. The van der Waals surface area contributed by atoms with Crippen LogP contribution < -0.4 is 0 Å². The molecule has 1 aliphatic heterocycles. The molecule has 0 spiro atoms. The van der Waals surface area contributed by atoms with Crippen LogP contribution in [0, 0.1) is 5.82 Å². The van der Waals surface area contributed by atoms with Gasteiger partial charge in [0.15, 0.2) is 0 Å². The lowest BCUT2D eigenvalue weighted by molar-refractivity contribution is 0.0517. The highest BCUT2D eigenvalue weighted by Crippen LogP contribution is 2.43. The SMILES string of the molecule is CN(C)C(=O)n1cc(/C(=N/OC(=O)c2ccc(S(=O)(=O)[O-])cc2)c2ccn3c2CS[C@@H]3c2cccnc2)c2ccc(-c3ccc(F)cc3)cc21. The first-order chi connectivity index (χ1) is 24.0. The number of amides is 1. The first-order valence-electron chi connectivity index (χ1n) is 15.2. The van der Waals surface area contributed by atoms with Gasteiger partial charge in [0.05, 0.1) is 16.0 Å². The molecule has 0 fully saturated rings. The molecule has 0 bridgehead atoms. The lowest BCUT2D eigenvalue weighted by Crippen LogP contribution is -2.26. The van der Waals surface area contributed by atoms with Crippen molar-refractivity contribution in [1.29, 1.82) is 0 Å². The number of benzene rings is 3. The molecule has 3 aromatic heterocycles. The summed E-state index contributed by atoms with van der Waals surface area (Å²) in [6.45, 7) is 0. The van der Waals surface area contributed by atoms with Gasteiger partial charge in [0.2, 0.25) is 0 Å². The van der Waals surface area contributed by atoms with Gasteiger partial charge in [-0.2, -0.15) is 0 Å². The number of carbonyl (C=O) groups is 2. The van der Waals surface area contributed by atoms with Gasteiger partial charge in [-0.05, 0) is 65.7 Å². The van der Waals surface area contributed by atoms with Gasteiger partial charge < -0.3 is 18.9 Å². The molecular weight excluding hydrogens is 682 g/mol. The lowest BCUT2D eigenvalue weighted by atomic mass is 9.99. The van der Waals surface area contributed by atoms with Crippen LogP contribution in [0.25, 0.3) is 22.0 Å².